The smallest absolute Gasteiger partial charge is 0.311 e. The maximum Gasteiger partial charge on any atom is 0.311 e. The molecule has 0 radical (unpaired) electrons. The minimum atomic E-state index is -0.762. The average Bonchev–Trinajstić information content (AvgIpc) is 3.11. The van der Waals surface area contributed by atoms with E-state index < -0.39 is 11.8 Å². The fourth-order valence-corrected chi connectivity index (χ4v) is 3.96. The van der Waals surface area contributed by atoms with E-state index in [0.29, 0.717) is 16.5 Å². The van der Waals surface area contributed by atoms with Gasteiger partial charge in [0.05, 0.1) is 5.52 Å². The Morgan fingerprint density at radius 3 is 2.39 bits per heavy atom. The van der Waals surface area contributed by atoms with Crippen LogP contribution in [-0.4, -0.2) is 35.6 Å². The summed E-state index contributed by atoms with van der Waals surface area (Å²) in [6.07, 6.45) is 1.54. The first-order valence-corrected chi connectivity index (χ1v) is 11.8. The molecule has 0 aliphatic carbocycles. The molecule has 36 heavy (non-hydrogen) atoms. The van der Waals surface area contributed by atoms with E-state index in [4.69, 9.17) is 0 Å². The number of aromatic nitrogens is 1. The van der Waals surface area contributed by atoms with Gasteiger partial charge in [-0.3, -0.25) is 9.59 Å². The Balaban J connectivity index is 1.69. The van der Waals surface area contributed by atoms with Gasteiger partial charge in [0.1, 0.15) is 5.70 Å². The van der Waals surface area contributed by atoms with Crippen molar-refractivity contribution in [3.8, 4) is 5.88 Å². The molecule has 0 atom stereocenters. The largest absolute Gasteiger partial charge is 0.493 e. The number of nitrogens with zero attached hydrogens (tertiary/aromatic N) is 4. The van der Waals surface area contributed by atoms with E-state index >= 15 is 0 Å². The van der Waals surface area contributed by atoms with Gasteiger partial charge >= 0.3 is 5.91 Å². The number of hydrogen-bond acceptors (Lipinski definition) is 5. The highest BCUT2D eigenvalue weighted by atomic mass is 79.9. The van der Waals surface area contributed by atoms with E-state index in [-0.39, 0.29) is 17.3 Å². The third-order valence-corrected chi connectivity index (χ3v) is 6.07. The van der Waals surface area contributed by atoms with Crippen LogP contribution in [0.3, 0.4) is 0 Å². The van der Waals surface area contributed by atoms with E-state index in [0.717, 1.165) is 15.7 Å². The first kappa shape index (κ1) is 24.9. The van der Waals surface area contributed by atoms with Gasteiger partial charge in [0.15, 0.2) is 5.69 Å². The third kappa shape index (κ3) is 5.36. The summed E-state index contributed by atoms with van der Waals surface area (Å²) >= 11 is 3.41. The van der Waals surface area contributed by atoms with Crippen molar-refractivity contribution < 1.29 is 14.7 Å². The zero-order chi connectivity index (χ0) is 25.8. The lowest BCUT2D eigenvalue weighted by Gasteiger charge is -2.12. The summed E-state index contributed by atoms with van der Waals surface area (Å²) in [5.41, 5.74) is 2.92. The molecule has 2 N–H and O–H groups in total. The zero-order valence-corrected chi connectivity index (χ0v) is 21.5. The molecular weight excluding hydrogens is 522 g/mol. The summed E-state index contributed by atoms with van der Waals surface area (Å²) in [7, 11) is 5.55. The summed E-state index contributed by atoms with van der Waals surface area (Å²) in [5, 5.41) is 21.7. The first-order valence-electron chi connectivity index (χ1n) is 11.0. The van der Waals surface area contributed by atoms with Gasteiger partial charge in [-0.25, -0.2) is 0 Å². The lowest BCUT2D eigenvalue weighted by atomic mass is 10.1. The van der Waals surface area contributed by atoms with Crippen LogP contribution in [0.5, 0.6) is 5.88 Å². The van der Waals surface area contributed by atoms with Crippen LogP contribution in [0.1, 0.15) is 15.9 Å². The maximum atomic E-state index is 13.1. The fourth-order valence-electron chi connectivity index (χ4n) is 3.60. The number of benzene rings is 3. The van der Waals surface area contributed by atoms with E-state index in [1.165, 1.54) is 0 Å². The summed E-state index contributed by atoms with van der Waals surface area (Å²) in [6, 6.07) is 21.5. The summed E-state index contributed by atoms with van der Waals surface area (Å²) in [5.74, 6) is -1.34. The predicted molar refractivity (Wildman–Crippen MR) is 144 cm³/mol. The number of aromatic hydroxyl groups is 1. The van der Waals surface area contributed by atoms with Gasteiger partial charge in [-0.05, 0) is 54.1 Å². The van der Waals surface area contributed by atoms with Crippen molar-refractivity contribution in [2.75, 3.05) is 19.0 Å². The van der Waals surface area contributed by atoms with Crippen LogP contribution in [0.4, 0.5) is 11.4 Å². The van der Waals surface area contributed by atoms with Crippen LogP contribution in [0.25, 0.3) is 17.0 Å². The number of nitrogens with one attached hydrogen (secondary N) is 1. The maximum absolute atomic E-state index is 13.1. The molecule has 1 heterocycles. The fraction of sp³-hybridized carbons (Fsp3) is 0.111. The van der Waals surface area contributed by atoms with E-state index in [9.17, 15) is 14.7 Å². The normalized spacial score (nSPS) is 11.7. The minimum Gasteiger partial charge on any atom is -0.493 e. The molecule has 0 aliphatic rings. The van der Waals surface area contributed by atoms with E-state index in [1.54, 1.807) is 54.1 Å². The molecule has 8 nitrogen and oxygen atoms in total. The molecule has 1 aromatic heterocycles. The molecule has 0 fully saturated rings. The number of aryl methyl sites for hydroxylation is 1. The number of amides is 2. The number of halogens is 1. The molecule has 0 unspecified atom stereocenters. The van der Waals surface area contributed by atoms with Crippen LogP contribution < -0.4 is 10.2 Å². The molecule has 0 bridgehead atoms. The van der Waals surface area contributed by atoms with E-state index in [2.05, 4.69) is 31.5 Å². The molecule has 0 spiro atoms. The van der Waals surface area contributed by atoms with Crippen molar-refractivity contribution in [1.82, 2.24) is 9.88 Å². The number of fused-ring (bicyclic) bond motifs is 1. The number of rotatable bonds is 6. The van der Waals surface area contributed by atoms with Crippen molar-refractivity contribution in [2.24, 2.45) is 17.3 Å². The zero-order valence-electron chi connectivity index (χ0n) is 19.9. The highest BCUT2D eigenvalue weighted by Crippen LogP contribution is 2.39. The Labute approximate surface area is 216 Å². The van der Waals surface area contributed by atoms with Crippen LogP contribution in [0.2, 0.25) is 0 Å². The quantitative estimate of drug-likeness (QED) is 0.236. The molecule has 4 rings (SSSR count). The Kier molecular flexibility index (Phi) is 7.30. The van der Waals surface area contributed by atoms with Gasteiger partial charge < -0.3 is 19.9 Å². The number of anilines is 1. The first-order chi connectivity index (χ1) is 17.2. The predicted octanol–water partition coefficient (Wildman–Crippen LogP) is 5.79. The second kappa shape index (κ2) is 10.6. The molecular formula is C27H24BrN5O3. The summed E-state index contributed by atoms with van der Waals surface area (Å²) in [4.78, 5) is 27.9. The van der Waals surface area contributed by atoms with Crippen LogP contribution >= 0.6 is 15.9 Å². The lowest BCUT2D eigenvalue weighted by Crippen LogP contribution is -2.26. The highest BCUT2D eigenvalue weighted by Gasteiger charge is 2.18. The molecule has 0 aliphatic heterocycles. The molecule has 182 valence electrons. The SMILES string of the molecule is CN(C)c1ccc(/C=C(/NC(=O)c2ccccc2)C(=O)N=Nc2c(O)n(C)c3ccc(Br)cc23)cc1. The van der Waals surface area contributed by atoms with Crippen molar-refractivity contribution in [1.29, 1.82) is 0 Å². The lowest BCUT2D eigenvalue weighted by molar-refractivity contribution is -0.115. The monoisotopic (exact) mass is 545 g/mol. The number of azo groups is 1. The van der Waals surface area contributed by atoms with Gasteiger partial charge in [0.2, 0.25) is 5.88 Å². The summed E-state index contributed by atoms with van der Waals surface area (Å²) in [6.45, 7) is 0. The van der Waals surface area contributed by atoms with Crippen LogP contribution in [-0.2, 0) is 11.8 Å². The summed E-state index contributed by atoms with van der Waals surface area (Å²) < 4.78 is 2.35. The average molecular weight is 546 g/mol. The Hall–Kier alpha value is -4.24. The van der Waals surface area contributed by atoms with Crippen LogP contribution in [0.15, 0.2) is 93.2 Å². The topological polar surface area (TPSA) is 99.3 Å². The number of carbonyl (C=O) groups is 2. The molecule has 9 heteroatoms. The second-order valence-corrected chi connectivity index (χ2v) is 9.18. The van der Waals surface area contributed by atoms with Gasteiger partial charge in [0.25, 0.3) is 5.91 Å². The molecule has 0 saturated heterocycles. The van der Waals surface area contributed by atoms with E-state index in [1.807, 2.05) is 55.4 Å². The number of carbonyl (C=O) groups excluding carboxylic acids is 2. The molecule has 2 amide bonds. The Morgan fingerprint density at radius 2 is 1.72 bits per heavy atom. The highest BCUT2D eigenvalue weighted by molar-refractivity contribution is 9.10. The molecule has 4 aromatic rings. The van der Waals surface area contributed by atoms with Gasteiger partial charge in [-0.1, -0.05) is 46.3 Å². The third-order valence-electron chi connectivity index (χ3n) is 5.58. The molecule has 0 saturated carbocycles. The van der Waals surface area contributed by atoms with Gasteiger partial charge in [-0.2, -0.15) is 0 Å². The van der Waals surface area contributed by atoms with Crippen LogP contribution in [0, 0.1) is 0 Å². The van der Waals surface area contributed by atoms with Gasteiger partial charge in [0, 0.05) is 42.3 Å². The van der Waals surface area contributed by atoms with Gasteiger partial charge in [-0.15, -0.1) is 10.2 Å². The second-order valence-electron chi connectivity index (χ2n) is 8.26. The van der Waals surface area contributed by atoms with Crippen molar-refractivity contribution in [3.63, 3.8) is 0 Å². The number of hydrogen-bond donors (Lipinski definition) is 2. The Bertz CT molecular complexity index is 1490. The van der Waals surface area contributed by atoms with Crippen molar-refractivity contribution in [3.05, 3.63) is 94.1 Å². The molecule has 3 aromatic carbocycles. The standard InChI is InChI=1S/C27H24BrN5O3/c1-32(2)20-12-9-17(10-13-20)15-22(29-25(34)18-7-5-4-6-8-18)26(35)31-30-24-21-16-19(28)11-14-23(21)33(3)27(24)36/h4-16,36H,1-3H3,(H,29,34)/b22-15+,31-30?. The van der Waals surface area contributed by atoms with Crippen molar-refractivity contribution >= 4 is 56.1 Å². The van der Waals surface area contributed by atoms with Crippen molar-refractivity contribution in [2.45, 2.75) is 0 Å². The minimum absolute atomic E-state index is 0.0499. The Morgan fingerprint density at radius 1 is 1.03 bits per heavy atom.